The van der Waals surface area contributed by atoms with E-state index in [2.05, 4.69) is 70.8 Å². The number of hydrogen-bond acceptors (Lipinski definition) is 1. The molecule has 0 bridgehead atoms. The molecule has 0 aromatic heterocycles. The number of benzene rings is 1. The summed E-state index contributed by atoms with van der Waals surface area (Å²) in [6.45, 7) is 15.0. The fourth-order valence-corrected chi connectivity index (χ4v) is 2.19. The van der Waals surface area contributed by atoms with Crippen molar-refractivity contribution in [2.24, 2.45) is 0 Å². The Balaban J connectivity index is 3.05. The van der Waals surface area contributed by atoms with Crippen LogP contribution in [0.25, 0.3) is 5.57 Å². The van der Waals surface area contributed by atoms with Gasteiger partial charge >= 0.3 is 0 Å². The maximum atomic E-state index is 4.22. The van der Waals surface area contributed by atoms with Gasteiger partial charge in [-0.3, -0.25) is 0 Å². The molecule has 1 nitrogen and oxygen atoms in total. The Bertz CT molecular complexity index is 545. The van der Waals surface area contributed by atoms with Crippen molar-refractivity contribution >= 4 is 5.57 Å². The Morgan fingerprint density at radius 3 is 2.35 bits per heavy atom. The van der Waals surface area contributed by atoms with Crippen molar-refractivity contribution in [1.82, 2.24) is 5.32 Å². The van der Waals surface area contributed by atoms with E-state index in [1.54, 1.807) is 0 Å². The average Bonchev–Trinajstić information content (AvgIpc) is 2.38. The molecule has 1 N–H and O–H groups in total. The fraction of sp³-hybridized carbons (Fsp3) is 0.368. The summed E-state index contributed by atoms with van der Waals surface area (Å²) in [6, 6.07) is 6.66. The normalized spacial score (nSPS) is 12.8. The molecule has 20 heavy (non-hydrogen) atoms. The highest BCUT2D eigenvalue weighted by Gasteiger charge is 2.05. The molecule has 0 spiro atoms. The lowest BCUT2D eigenvalue weighted by atomic mass is 9.93. The molecule has 0 aliphatic rings. The molecule has 1 heteroatoms. The first-order chi connectivity index (χ1) is 9.36. The van der Waals surface area contributed by atoms with Gasteiger partial charge in [-0.05, 0) is 66.3 Å². The van der Waals surface area contributed by atoms with Crippen LogP contribution < -0.4 is 5.32 Å². The van der Waals surface area contributed by atoms with Gasteiger partial charge in [0.2, 0.25) is 0 Å². The summed E-state index contributed by atoms with van der Waals surface area (Å²) in [5, 5.41) is 3.06. The number of hydrogen-bond donors (Lipinski definition) is 1. The van der Waals surface area contributed by atoms with Gasteiger partial charge in [0.15, 0.2) is 0 Å². The molecule has 0 heterocycles. The predicted molar refractivity (Wildman–Crippen MR) is 90.9 cm³/mol. The molecule has 0 fully saturated rings. The van der Waals surface area contributed by atoms with Gasteiger partial charge in [-0.15, -0.1) is 0 Å². The van der Waals surface area contributed by atoms with E-state index in [-0.39, 0.29) is 0 Å². The first-order valence-corrected chi connectivity index (χ1v) is 7.19. The SMILES string of the molecule is C=C(/C=C(C)\C(C)=C/NC)c1ccc(C(C)C)cc1C. The van der Waals surface area contributed by atoms with Gasteiger partial charge in [-0.2, -0.15) is 0 Å². The van der Waals surface area contributed by atoms with E-state index in [0.717, 1.165) is 5.57 Å². The van der Waals surface area contributed by atoms with Gasteiger partial charge < -0.3 is 5.32 Å². The molecular weight excluding hydrogens is 242 g/mol. The molecule has 0 aliphatic carbocycles. The first-order valence-electron chi connectivity index (χ1n) is 7.19. The van der Waals surface area contributed by atoms with Gasteiger partial charge in [-0.25, -0.2) is 0 Å². The van der Waals surface area contributed by atoms with E-state index in [4.69, 9.17) is 0 Å². The Hall–Kier alpha value is -1.76. The summed E-state index contributed by atoms with van der Waals surface area (Å²) >= 11 is 0. The topological polar surface area (TPSA) is 12.0 Å². The lowest BCUT2D eigenvalue weighted by Gasteiger charge is -2.12. The third-order valence-electron chi connectivity index (χ3n) is 3.64. The Morgan fingerprint density at radius 2 is 1.85 bits per heavy atom. The quantitative estimate of drug-likeness (QED) is 0.724. The van der Waals surface area contributed by atoms with Gasteiger partial charge in [0, 0.05) is 7.05 Å². The van der Waals surface area contributed by atoms with Crippen molar-refractivity contribution in [2.75, 3.05) is 7.05 Å². The number of aryl methyl sites for hydroxylation is 1. The molecule has 0 aliphatic heterocycles. The molecule has 1 aromatic carbocycles. The number of rotatable bonds is 5. The molecule has 0 amide bonds. The first kappa shape index (κ1) is 16.3. The summed E-state index contributed by atoms with van der Waals surface area (Å²) in [7, 11) is 1.92. The maximum Gasteiger partial charge on any atom is 0.00278 e. The summed E-state index contributed by atoms with van der Waals surface area (Å²) in [4.78, 5) is 0. The van der Waals surface area contributed by atoms with E-state index in [9.17, 15) is 0 Å². The van der Waals surface area contributed by atoms with Crippen LogP contribution in [-0.4, -0.2) is 7.05 Å². The van der Waals surface area contributed by atoms with E-state index >= 15 is 0 Å². The summed E-state index contributed by atoms with van der Waals surface area (Å²) in [5.74, 6) is 0.564. The van der Waals surface area contributed by atoms with Gasteiger partial charge in [0.05, 0.1) is 0 Å². The summed E-state index contributed by atoms with van der Waals surface area (Å²) in [5.41, 5.74) is 7.43. The predicted octanol–water partition coefficient (Wildman–Crippen LogP) is 5.20. The molecule has 1 rings (SSSR count). The van der Waals surface area contributed by atoms with E-state index in [1.165, 1.54) is 27.8 Å². The highest BCUT2D eigenvalue weighted by atomic mass is 14.8. The van der Waals surface area contributed by atoms with Crippen LogP contribution in [0.3, 0.4) is 0 Å². The van der Waals surface area contributed by atoms with Crippen LogP contribution in [-0.2, 0) is 0 Å². The molecule has 108 valence electrons. The highest BCUT2D eigenvalue weighted by Crippen LogP contribution is 2.25. The van der Waals surface area contributed by atoms with Crippen LogP contribution in [0.5, 0.6) is 0 Å². The van der Waals surface area contributed by atoms with Crippen LogP contribution in [0.4, 0.5) is 0 Å². The monoisotopic (exact) mass is 269 g/mol. The second kappa shape index (κ2) is 7.14. The Morgan fingerprint density at radius 1 is 1.20 bits per heavy atom. The second-order valence-electron chi connectivity index (χ2n) is 5.70. The largest absolute Gasteiger partial charge is 0.394 e. The minimum absolute atomic E-state index is 0.564. The number of nitrogens with one attached hydrogen (secondary N) is 1. The third kappa shape index (κ3) is 4.12. The Labute approximate surface area is 124 Å². The van der Waals surface area contributed by atoms with Crippen LogP contribution >= 0.6 is 0 Å². The maximum absolute atomic E-state index is 4.22. The minimum Gasteiger partial charge on any atom is -0.394 e. The van der Waals surface area contributed by atoms with Crippen molar-refractivity contribution in [3.8, 4) is 0 Å². The van der Waals surface area contributed by atoms with Crippen LogP contribution in [0, 0.1) is 6.92 Å². The lowest BCUT2D eigenvalue weighted by Crippen LogP contribution is -1.96. The standard InChI is InChI=1S/C19H27N/c1-13(2)18-8-9-19(16(5)11-18)15(4)10-14(3)17(6)12-20-7/h8-13,20H,4H2,1-3,5-7H3/b14-10-,17-12-. The van der Waals surface area contributed by atoms with E-state index in [1.807, 2.05) is 13.2 Å². The van der Waals surface area contributed by atoms with Crippen molar-refractivity contribution in [2.45, 2.75) is 40.5 Å². The van der Waals surface area contributed by atoms with Crippen molar-refractivity contribution in [1.29, 1.82) is 0 Å². The molecule has 0 unspecified atom stereocenters. The number of allylic oxidation sites excluding steroid dienone is 4. The highest BCUT2D eigenvalue weighted by molar-refractivity contribution is 5.75. The minimum atomic E-state index is 0.564. The zero-order valence-corrected chi connectivity index (χ0v) is 13.7. The molecule has 0 saturated heterocycles. The lowest BCUT2D eigenvalue weighted by molar-refractivity contribution is 0.864. The van der Waals surface area contributed by atoms with Crippen molar-refractivity contribution in [3.63, 3.8) is 0 Å². The van der Waals surface area contributed by atoms with E-state index < -0.39 is 0 Å². The molecule has 0 radical (unpaired) electrons. The van der Waals surface area contributed by atoms with Crippen molar-refractivity contribution < 1.29 is 0 Å². The zero-order valence-electron chi connectivity index (χ0n) is 13.7. The average molecular weight is 269 g/mol. The smallest absolute Gasteiger partial charge is 0.00278 e. The van der Waals surface area contributed by atoms with E-state index in [0.29, 0.717) is 5.92 Å². The van der Waals surface area contributed by atoms with Crippen LogP contribution in [0.1, 0.15) is 50.3 Å². The van der Waals surface area contributed by atoms with Gasteiger partial charge in [0.1, 0.15) is 0 Å². The molecule has 0 saturated carbocycles. The zero-order chi connectivity index (χ0) is 15.3. The molecular formula is C19H27N. The fourth-order valence-electron chi connectivity index (χ4n) is 2.19. The summed E-state index contributed by atoms with van der Waals surface area (Å²) < 4.78 is 0. The van der Waals surface area contributed by atoms with Gasteiger partial charge in [0.25, 0.3) is 0 Å². The van der Waals surface area contributed by atoms with Crippen molar-refractivity contribution in [3.05, 3.63) is 64.9 Å². The third-order valence-corrected chi connectivity index (χ3v) is 3.64. The van der Waals surface area contributed by atoms with Gasteiger partial charge in [-0.1, -0.05) is 44.7 Å². The summed E-state index contributed by atoms with van der Waals surface area (Å²) in [6.07, 6.45) is 4.16. The Kier molecular flexibility index (Phi) is 5.82. The van der Waals surface area contributed by atoms with Crippen LogP contribution in [0.2, 0.25) is 0 Å². The second-order valence-corrected chi connectivity index (χ2v) is 5.70. The molecule has 0 atom stereocenters. The molecule has 1 aromatic rings. The van der Waals surface area contributed by atoms with Crippen LogP contribution in [0.15, 0.2) is 48.2 Å².